The van der Waals surface area contributed by atoms with E-state index in [-0.39, 0.29) is 17.2 Å². The molecule has 170 valence electrons. The maximum Gasteiger partial charge on any atom is 0.244 e. The number of hydrogen-bond donors (Lipinski definition) is 1. The summed E-state index contributed by atoms with van der Waals surface area (Å²) in [5, 5.41) is 4.93. The number of halogens is 2. The lowest BCUT2D eigenvalue weighted by Gasteiger charge is -2.15. The van der Waals surface area contributed by atoms with Crippen LogP contribution in [0.1, 0.15) is 50.7 Å². The number of nitrogens with one attached hydrogen (secondary N) is 1. The molecule has 0 bridgehead atoms. The van der Waals surface area contributed by atoms with E-state index in [1.165, 1.54) is 12.8 Å². The smallest absolute Gasteiger partial charge is 0.244 e. The van der Waals surface area contributed by atoms with Crippen LogP contribution in [-0.4, -0.2) is 18.7 Å². The van der Waals surface area contributed by atoms with Crippen LogP contribution in [0, 0.1) is 20.8 Å². The average molecular weight is 567 g/mol. The zero-order valence-corrected chi connectivity index (χ0v) is 21.3. The monoisotopic (exact) mass is 566 g/mol. The van der Waals surface area contributed by atoms with Gasteiger partial charge in [0, 0.05) is 10.9 Å². The Morgan fingerprint density at radius 3 is 2.75 bits per heavy atom. The number of nitrogens with zero attached hydrogens (tertiary/aromatic N) is 1. The molecule has 0 unspecified atom stereocenters. The molecule has 2 aromatic carbocycles. The summed E-state index contributed by atoms with van der Waals surface area (Å²) in [4.78, 5) is 12.6. The molecular formula is C25H28ClIN2O3. The van der Waals surface area contributed by atoms with Crippen LogP contribution in [0.3, 0.4) is 0 Å². The molecule has 0 saturated heterocycles. The van der Waals surface area contributed by atoms with Crippen LogP contribution in [0.15, 0.2) is 41.5 Å². The number of hydrazone groups is 1. The molecule has 0 radical (unpaired) electrons. The van der Waals surface area contributed by atoms with Gasteiger partial charge in [-0.2, -0.15) is 5.10 Å². The van der Waals surface area contributed by atoms with Crippen molar-refractivity contribution in [2.45, 2.75) is 46.1 Å². The second-order valence-electron chi connectivity index (χ2n) is 8.75. The highest BCUT2D eigenvalue weighted by atomic mass is 127. The summed E-state index contributed by atoms with van der Waals surface area (Å²) in [5.74, 6) is 2.01. The molecule has 0 aliphatic heterocycles. The largest absolute Gasteiger partial charge is 0.490 e. The van der Waals surface area contributed by atoms with Gasteiger partial charge in [0.15, 0.2) is 11.5 Å². The molecule has 2 aliphatic rings. The number of carbonyl (C=O) groups is 1. The Bertz CT molecular complexity index is 1010. The zero-order valence-electron chi connectivity index (χ0n) is 18.4. The van der Waals surface area contributed by atoms with E-state index >= 15 is 0 Å². The van der Waals surface area contributed by atoms with E-state index in [0.29, 0.717) is 35.7 Å². The molecule has 2 saturated carbocycles. The molecule has 7 heteroatoms. The van der Waals surface area contributed by atoms with E-state index in [1.54, 1.807) is 6.21 Å². The minimum absolute atomic E-state index is 0.0401. The van der Waals surface area contributed by atoms with Crippen molar-refractivity contribution < 1.29 is 14.3 Å². The molecule has 1 N–H and O–H groups in total. The van der Waals surface area contributed by atoms with Crippen LogP contribution in [0.25, 0.3) is 0 Å². The van der Waals surface area contributed by atoms with Crippen molar-refractivity contribution in [3.63, 3.8) is 0 Å². The first-order valence-electron chi connectivity index (χ1n) is 11.1. The van der Waals surface area contributed by atoms with Crippen molar-refractivity contribution in [2.24, 2.45) is 22.4 Å². The highest BCUT2D eigenvalue weighted by Gasteiger charge is 2.64. The van der Waals surface area contributed by atoms with Crippen molar-refractivity contribution in [2.75, 3.05) is 6.61 Å². The Morgan fingerprint density at radius 1 is 1.28 bits per heavy atom. The Labute approximate surface area is 208 Å². The van der Waals surface area contributed by atoms with Gasteiger partial charge < -0.3 is 9.47 Å². The lowest BCUT2D eigenvalue weighted by molar-refractivity contribution is -0.123. The van der Waals surface area contributed by atoms with Gasteiger partial charge in [0.2, 0.25) is 5.91 Å². The summed E-state index contributed by atoms with van der Waals surface area (Å²) in [6.07, 6.45) is 6.43. The van der Waals surface area contributed by atoms with Crippen LogP contribution < -0.4 is 14.9 Å². The molecule has 1 amide bonds. The highest BCUT2D eigenvalue weighted by molar-refractivity contribution is 14.1. The third-order valence-electron chi connectivity index (χ3n) is 6.63. The van der Waals surface area contributed by atoms with E-state index in [4.69, 9.17) is 21.1 Å². The summed E-state index contributed by atoms with van der Waals surface area (Å²) >= 11 is 8.19. The van der Waals surface area contributed by atoms with Gasteiger partial charge in [0.25, 0.3) is 0 Å². The Hall–Kier alpha value is -1.80. The van der Waals surface area contributed by atoms with E-state index in [1.807, 2.05) is 43.3 Å². The normalized spacial score (nSPS) is 24.1. The second kappa shape index (κ2) is 10.00. The van der Waals surface area contributed by atoms with Gasteiger partial charge in [-0.1, -0.05) is 43.5 Å². The minimum Gasteiger partial charge on any atom is -0.490 e. The maximum atomic E-state index is 12.6. The quantitative estimate of drug-likeness (QED) is 0.235. The zero-order chi connectivity index (χ0) is 22.7. The molecular weight excluding hydrogens is 539 g/mol. The lowest BCUT2D eigenvalue weighted by Crippen LogP contribution is -2.22. The number of carbonyl (C=O) groups excluding carboxylic acids is 1. The Morgan fingerprint density at radius 2 is 2.06 bits per heavy atom. The fraction of sp³-hybridized carbons (Fsp3) is 0.440. The summed E-state index contributed by atoms with van der Waals surface area (Å²) in [5.41, 5.74) is 4.80. The Kier molecular flexibility index (Phi) is 7.30. The molecule has 2 aromatic rings. The van der Waals surface area contributed by atoms with Crippen molar-refractivity contribution >= 4 is 46.3 Å². The number of ether oxygens (including phenoxy) is 2. The van der Waals surface area contributed by atoms with Crippen LogP contribution in [-0.2, 0) is 11.4 Å². The Balaban J connectivity index is 1.41. The van der Waals surface area contributed by atoms with E-state index < -0.39 is 0 Å². The fourth-order valence-electron chi connectivity index (χ4n) is 4.89. The minimum atomic E-state index is 0.0401. The van der Waals surface area contributed by atoms with Crippen molar-refractivity contribution in [1.29, 1.82) is 0 Å². The average Bonchev–Trinajstić information content (AvgIpc) is 3.40. The number of fused-ring (bicyclic) bond motifs is 1. The maximum absolute atomic E-state index is 12.6. The predicted octanol–water partition coefficient (Wildman–Crippen LogP) is 6.20. The fourth-order valence-corrected chi connectivity index (χ4v) is 5.80. The van der Waals surface area contributed by atoms with Gasteiger partial charge in [-0.3, -0.25) is 4.79 Å². The van der Waals surface area contributed by atoms with Crippen molar-refractivity contribution in [1.82, 2.24) is 5.43 Å². The first-order valence-corrected chi connectivity index (χ1v) is 12.5. The molecule has 2 fully saturated rings. The van der Waals surface area contributed by atoms with Crippen molar-refractivity contribution in [3.8, 4) is 11.5 Å². The lowest BCUT2D eigenvalue weighted by atomic mass is 9.90. The number of rotatable bonds is 8. The number of benzene rings is 2. The summed E-state index contributed by atoms with van der Waals surface area (Å²) < 4.78 is 12.8. The van der Waals surface area contributed by atoms with Crippen LogP contribution >= 0.6 is 34.2 Å². The van der Waals surface area contributed by atoms with E-state index in [2.05, 4.69) is 40.0 Å². The van der Waals surface area contributed by atoms with Gasteiger partial charge in [0.05, 0.1) is 16.4 Å². The third-order valence-corrected chi connectivity index (χ3v) is 7.68. The van der Waals surface area contributed by atoms with Gasteiger partial charge in [-0.15, -0.1) is 0 Å². The highest BCUT2D eigenvalue weighted by Crippen LogP contribution is 2.66. The van der Waals surface area contributed by atoms with Gasteiger partial charge >= 0.3 is 0 Å². The summed E-state index contributed by atoms with van der Waals surface area (Å²) in [6, 6.07) is 11.4. The topological polar surface area (TPSA) is 59.9 Å². The number of amides is 1. The first-order chi connectivity index (χ1) is 15.4. The first kappa shape index (κ1) is 23.4. The summed E-state index contributed by atoms with van der Waals surface area (Å²) in [7, 11) is 0. The third kappa shape index (κ3) is 5.06. The van der Waals surface area contributed by atoms with Gasteiger partial charge in [-0.25, -0.2) is 5.43 Å². The van der Waals surface area contributed by atoms with Gasteiger partial charge in [-0.05, 0) is 89.1 Å². The standard InChI is InChI=1S/C25H28ClIN2O3/c1-3-31-21-13-17(12-20(27)23(21)32-15-16-7-9-18(26)10-8-16)14-28-29-24(30)22-19-6-4-5-11-25(19,22)2/h7-10,12-14,19,22H,3-6,11,15H2,1-2H3,(H,29,30)/b28-14-/t19-,22-,25-/m0/s1. The summed E-state index contributed by atoms with van der Waals surface area (Å²) in [6.45, 7) is 5.11. The molecule has 3 atom stereocenters. The second-order valence-corrected chi connectivity index (χ2v) is 10.3. The van der Waals surface area contributed by atoms with Crippen molar-refractivity contribution in [3.05, 3.63) is 56.1 Å². The molecule has 4 rings (SSSR count). The van der Waals surface area contributed by atoms with Crippen LogP contribution in [0.5, 0.6) is 11.5 Å². The molecule has 0 aromatic heterocycles. The predicted molar refractivity (Wildman–Crippen MR) is 135 cm³/mol. The SMILES string of the molecule is CCOc1cc(/C=N\NC(=O)[C@@H]2[C@@H]3CCCC[C@]23C)cc(I)c1OCc1ccc(Cl)cc1. The molecule has 0 heterocycles. The molecule has 2 aliphatic carbocycles. The molecule has 0 spiro atoms. The van der Waals surface area contributed by atoms with Gasteiger partial charge in [0.1, 0.15) is 6.61 Å². The van der Waals surface area contributed by atoms with E-state index in [0.717, 1.165) is 27.5 Å². The molecule has 5 nitrogen and oxygen atoms in total. The van der Waals surface area contributed by atoms with Crippen LogP contribution in [0.4, 0.5) is 0 Å². The number of hydrogen-bond acceptors (Lipinski definition) is 4. The van der Waals surface area contributed by atoms with Crippen LogP contribution in [0.2, 0.25) is 5.02 Å². The molecule has 32 heavy (non-hydrogen) atoms. The van der Waals surface area contributed by atoms with E-state index in [9.17, 15) is 4.79 Å².